The van der Waals surface area contributed by atoms with Gasteiger partial charge in [0.1, 0.15) is 24.9 Å². The number of amides is 2. The molecule has 220 valence electrons. The molecule has 3 aromatic carbocycles. The summed E-state index contributed by atoms with van der Waals surface area (Å²) in [6.45, 7) is 4.39. The molecule has 3 rings (SSSR count). The van der Waals surface area contributed by atoms with E-state index >= 15 is 0 Å². The molecule has 0 heterocycles. The summed E-state index contributed by atoms with van der Waals surface area (Å²) in [5.41, 5.74) is 2.10. The minimum absolute atomic E-state index is 0.125. The van der Waals surface area contributed by atoms with Gasteiger partial charge in [-0.1, -0.05) is 74.3 Å². The van der Waals surface area contributed by atoms with Crippen molar-refractivity contribution in [2.75, 3.05) is 23.7 Å². The number of halogens is 1. The first-order chi connectivity index (χ1) is 19.6. The summed E-state index contributed by atoms with van der Waals surface area (Å²) in [5, 5.41) is 3.46. The van der Waals surface area contributed by atoms with Crippen molar-refractivity contribution in [3.05, 3.63) is 95.0 Å². The fourth-order valence-electron chi connectivity index (χ4n) is 4.28. The minimum atomic E-state index is -3.84. The zero-order chi connectivity index (χ0) is 29.8. The third-order valence-electron chi connectivity index (χ3n) is 6.53. The van der Waals surface area contributed by atoms with Crippen molar-refractivity contribution in [3.63, 3.8) is 0 Å². The van der Waals surface area contributed by atoms with E-state index < -0.39 is 28.5 Å². The molecule has 0 spiro atoms. The maximum Gasteiger partial charge on any atom is 0.244 e. The second-order valence-corrected chi connectivity index (χ2v) is 12.1. The Morgan fingerprint density at radius 2 is 1.59 bits per heavy atom. The second kappa shape index (κ2) is 15.4. The molecule has 2 amide bonds. The van der Waals surface area contributed by atoms with E-state index in [1.807, 2.05) is 44.2 Å². The SMILES string of the molecule is CCCCNC(=O)[C@@H](CC)N(Cc1ccc(Cl)cc1)C(=O)CN(c1ccc(OCc2ccccc2)cc1)S(C)(=O)=O. The predicted molar refractivity (Wildman–Crippen MR) is 163 cm³/mol. The molecule has 1 atom stereocenters. The van der Waals surface area contributed by atoms with Crippen molar-refractivity contribution in [1.82, 2.24) is 10.2 Å². The van der Waals surface area contributed by atoms with Gasteiger partial charge in [0.05, 0.1) is 11.9 Å². The standard InChI is InChI=1S/C31H38ClN3O5S/c1-4-6-20-33-31(37)29(5-2)34(21-24-12-14-26(32)15-13-24)30(36)22-35(41(3,38)39)27-16-18-28(19-17-27)40-23-25-10-8-7-9-11-25/h7-19,29H,4-6,20-23H2,1-3H3,(H,33,37)/t29-/m1/s1. The lowest BCUT2D eigenvalue weighted by Gasteiger charge is -2.33. The van der Waals surface area contributed by atoms with Gasteiger partial charge in [0.2, 0.25) is 21.8 Å². The Kier molecular flexibility index (Phi) is 12.0. The predicted octanol–water partition coefficient (Wildman–Crippen LogP) is 5.41. The van der Waals surface area contributed by atoms with Crippen LogP contribution in [0.5, 0.6) is 5.75 Å². The molecule has 0 aliphatic heterocycles. The summed E-state index contributed by atoms with van der Waals surface area (Å²) in [6.07, 6.45) is 3.16. The van der Waals surface area contributed by atoms with Gasteiger partial charge in [0.25, 0.3) is 0 Å². The molecule has 0 fully saturated rings. The maximum absolute atomic E-state index is 13.8. The highest BCUT2D eigenvalue weighted by molar-refractivity contribution is 7.92. The van der Waals surface area contributed by atoms with Crippen LogP contribution in [0.15, 0.2) is 78.9 Å². The molecule has 10 heteroatoms. The van der Waals surface area contributed by atoms with Crippen molar-refractivity contribution < 1.29 is 22.7 Å². The lowest BCUT2D eigenvalue weighted by Crippen LogP contribution is -2.52. The van der Waals surface area contributed by atoms with Crippen LogP contribution in [-0.4, -0.2) is 50.5 Å². The molecule has 0 aliphatic rings. The molecule has 0 saturated heterocycles. The summed E-state index contributed by atoms with van der Waals surface area (Å²) >= 11 is 6.04. The second-order valence-electron chi connectivity index (χ2n) is 9.75. The van der Waals surface area contributed by atoms with Crippen LogP contribution in [0.25, 0.3) is 0 Å². The number of carbonyl (C=O) groups excluding carboxylic acids is 2. The van der Waals surface area contributed by atoms with E-state index in [2.05, 4.69) is 5.32 Å². The van der Waals surface area contributed by atoms with E-state index in [1.165, 1.54) is 4.90 Å². The first-order valence-electron chi connectivity index (χ1n) is 13.7. The zero-order valence-electron chi connectivity index (χ0n) is 23.8. The number of nitrogens with one attached hydrogen (secondary N) is 1. The molecule has 0 bridgehead atoms. The quantitative estimate of drug-likeness (QED) is 0.236. The molecule has 0 saturated carbocycles. The van der Waals surface area contributed by atoms with E-state index in [4.69, 9.17) is 16.3 Å². The summed E-state index contributed by atoms with van der Waals surface area (Å²) in [6, 6.07) is 22.5. The van der Waals surface area contributed by atoms with Crippen LogP contribution in [0.4, 0.5) is 5.69 Å². The third-order valence-corrected chi connectivity index (χ3v) is 7.93. The van der Waals surface area contributed by atoms with Crippen molar-refractivity contribution >= 4 is 39.1 Å². The summed E-state index contributed by atoms with van der Waals surface area (Å²) in [4.78, 5) is 28.4. The highest BCUT2D eigenvalue weighted by atomic mass is 35.5. The molecular formula is C31H38ClN3O5S. The number of benzene rings is 3. The fourth-order valence-corrected chi connectivity index (χ4v) is 5.25. The fraction of sp³-hybridized carbons (Fsp3) is 0.355. The van der Waals surface area contributed by atoms with Crippen LogP contribution in [0.1, 0.15) is 44.2 Å². The number of sulfonamides is 1. The van der Waals surface area contributed by atoms with Crippen LogP contribution in [0.2, 0.25) is 5.02 Å². The Bertz CT molecular complexity index is 1370. The molecule has 8 nitrogen and oxygen atoms in total. The van der Waals surface area contributed by atoms with Crippen molar-refractivity contribution in [2.45, 2.75) is 52.3 Å². The number of ether oxygens (including phenoxy) is 1. The Morgan fingerprint density at radius 3 is 2.17 bits per heavy atom. The van der Waals surface area contributed by atoms with E-state index in [9.17, 15) is 18.0 Å². The Labute approximate surface area is 248 Å². The van der Waals surface area contributed by atoms with Gasteiger partial charge in [0.15, 0.2) is 0 Å². The van der Waals surface area contributed by atoms with Gasteiger partial charge >= 0.3 is 0 Å². The number of rotatable bonds is 15. The number of hydrogen-bond acceptors (Lipinski definition) is 5. The topological polar surface area (TPSA) is 96.0 Å². The van der Waals surface area contributed by atoms with Crippen molar-refractivity contribution in [3.8, 4) is 5.75 Å². The molecule has 0 radical (unpaired) electrons. The van der Waals surface area contributed by atoms with Gasteiger partial charge < -0.3 is 15.0 Å². The molecule has 1 N–H and O–H groups in total. The van der Waals surface area contributed by atoms with Crippen LogP contribution in [0.3, 0.4) is 0 Å². The van der Waals surface area contributed by atoms with E-state index in [0.717, 1.165) is 34.5 Å². The molecule has 41 heavy (non-hydrogen) atoms. The van der Waals surface area contributed by atoms with Gasteiger partial charge in [-0.05, 0) is 60.4 Å². The van der Waals surface area contributed by atoms with Gasteiger partial charge in [-0.25, -0.2) is 8.42 Å². The number of anilines is 1. The lowest BCUT2D eigenvalue weighted by molar-refractivity contribution is -0.140. The Balaban J connectivity index is 1.83. The molecular weight excluding hydrogens is 562 g/mol. The average Bonchev–Trinajstić information content (AvgIpc) is 2.96. The summed E-state index contributed by atoms with van der Waals surface area (Å²) < 4.78 is 32.6. The first-order valence-corrected chi connectivity index (χ1v) is 15.9. The van der Waals surface area contributed by atoms with E-state index in [1.54, 1.807) is 48.5 Å². The molecule has 0 aliphatic carbocycles. The van der Waals surface area contributed by atoms with Gasteiger partial charge in [0, 0.05) is 18.1 Å². The monoisotopic (exact) mass is 599 g/mol. The highest BCUT2D eigenvalue weighted by Gasteiger charge is 2.31. The normalized spacial score (nSPS) is 11.9. The number of nitrogens with zero attached hydrogens (tertiary/aromatic N) is 2. The molecule has 0 aromatic heterocycles. The smallest absolute Gasteiger partial charge is 0.244 e. The average molecular weight is 600 g/mol. The molecule has 3 aromatic rings. The number of carbonyl (C=O) groups is 2. The maximum atomic E-state index is 13.8. The van der Waals surface area contributed by atoms with E-state index in [-0.39, 0.29) is 12.5 Å². The van der Waals surface area contributed by atoms with Crippen molar-refractivity contribution in [1.29, 1.82) is 0 Å². The Morgan fingerprint density at radius 1 is 0.927 bits per heavy atom. The summed E-state index contributed by atoms with van der Waals surface area (Å²) in [5.74, 6) is -0.196. The van der Waals surface area contributed by atoms with Crippen LogP contribution in [-0.2, 0) is 32.8 Å². The van der Waals surface area contributed by atoms with Gasteiger partial charge in [-0.2, -0.15) is 0 Å². The third kappa shape index (κ3) is 9.79. The van der Waals surface area contributed by atoms with Crippen LogP contribution in [0, 0.1) is 0 Å². The minimum Gasteiger partial charge on any atom is -0.489 e. The molecule has 0 unspecified atom stereocenters. The lowest BCUT2D eigenvalue weighted by atomic mass is 10.1. The number of unbranched alkanes of at least 4 members (excludes halogenated alkanes) is 1. The largest absolute Gasteiger partial charge is 0.489 e. The Hall–Kier alpha value is -3.56. The number of hydrogen-bond donors (Lipinski definition) is 1. The zero-order valence-corrected chi connectivity index (χ0v) is 25.3. The van der Waals surface area contributed by atoms with Crippen molar-refractivity contribution in [2.24, 2.45) is 0 Å². The van der Waals surface area contributed by atoms with E-state index in [0.29, 0.717) is 36.0 Å². The van der Waals surface area contributed by atoms with Crippen LogP contribution >= 0.6 is 11.6 Å². The highest BCUT2D eigenvalue weighted by Crippen LogP contribution is 2.24. The van der Waals surface area contributed by atoms with Crippen LogP contribution < -0.4 is 14.4 Å². The van der Waals surface area contributed by atoms with Gasteiger partial charge in [-0.3, -0.25) is 13.9 Å². The first kappa shape index (κ1) is 32.0. The van der Waals surface area contributed by atoms with Gasteiger partial charge in [-0.15, -0.1) is 0 Å². The summed E-state index contributed by atoms with van der Waals surface area (Å²) in [7, 11) is -3.84.